The maximum absolute atomic E-state index is 13.3. The first-order valence-electron chi connectivity index (χ1n) is 6.48. The summed E-state index contributed by atoms with van der Waals surface area (Å²) in [5, 5.41) is 11.3. The molecule has 1 atom stereocenters. The molecule has 2 rings (SSSR count). The highest BCUT2D eigenvalue weighted by Gasteiger charge is 2.30. The van der Waals surface area contributed by atoms with Crippen molar-refractivity contribution in [3.05, 3.63) is 35.1 Å². The summed E-state index contributed by atoms with van der Waals surface area (Å²) in [6.45, 7) is 0.217. The first-order valence-corrected chi connectivity index (χ1v) is 6.48. The third-order valence-corrected chi connectivity index (χ3v) is 3.26. The fraction of sp³-hybridized carbons (Fsp3) is 0.333. The van der Waals surface area contributed by atoms with Crippen molar-refractivity contribution in [3.63, 3.8) is 0 Å². The Kier molecular flexibility index (Phi) is 4.55. The fourth-order valence-electron chi connectivity index (χ4n) is 2.14. The number of nitrogens with zero attached hydrogens (tertiary/aromatic N) is 1. The molecular weight excluding hydrogens is 275 g/mol. The molecule has 1 saturated heterocycles. The van der Waals surface area contributed by atoms with Crippen molar-refractivity contribution in [2.75, 3.05) is 20.2 Å². The summed E-state index contributed by atoms with van der Waals surface area (Å²) < 4.78 is 13.3. The van der Waals surface area contributed by atoms with Gasteiger partial charge >= 0.3 is 0 Å². The molecule has 0 spiro atoms. The zero-order chi connectivity index (χ0) is 15.4. The van der Waals surface area contributed by atoms with Crippen molar-refractivity contribution < 1.29 is 19.1 Å². The normalized spacial score (nSPS) is 17.4. The average Bonchev–Trinajstić information content (AvgIpc) is 2.78. The highest BCUT2D eigenvalue weighted by atomic mass is 19.1. The first kappa shape index (κ1) is 15.0. The number of aliphatic hydroxyl groups excluding tert-OH is 1. The van der Waals surface area contributed by atoms with E-state index < -0.39 is 17.8 Å². The number of rotatable bonds is 2. The van der Waals surface area contributed by atoms with Crippen LogP contribution in [-0.4, -0.2) is 48.1 Å². The van der Waals surface area contributed by atoms with Crippen LogP contribution in [0.2, 0.25) is 0 Å². The second-order valence-electron chi connectivity index (χ2n) is 4.72. The molecule has 6 heteroatoms. The van der Waals surface area contributed by atoms with Crippen molar-refractivity contribution in [1.82, 2.24) is 10.2 Å². The number of carbonyl (C=O) groups is 2. The monoisotopic (exact) mass is 290 g/mol. The molecule has 5 nitrogen and oxygen atoms in total. The number of halogens is 1. The predicted octanol–water partition coefficient (Wildman–Crippen LogP) is 0.130. The standard InChI is InChI=1S/C15H15FN2O3/c1-18-7-6-13(15(18)21)17-14(20)12-9-11(16)5-4-10(12)3-2-8-19/h4-5,9,13,19H,6-8H2,1H3,(H,17,20). The lowest BCUT2D eigenvalue weighted by atomic mass is 10.1. The summed E-state index contributed by atoms with van der Waals surface area (Å²) in [4.78, 5) is 25.5. The van der Waals surface area contributed by atoms with Crippen molar-refractivity contribution in [2.24, 2.45) is 0 Å². The third kappa shape index (κ3) is 3.38. The molecule has 1 aliphatic rings. The van der Waals surface area contributed by atoms with Gasteiger partial charge in [0.05, 0.1) is 5.56 Å². The molecule has 0 radical (unpaired) electrons. The molecule has 0 saturated carbocycles. The van der Waals surface area contributed by atoms with E-state index in [-0.39, 0.29) is 18.1 Å². The average molecular weight is 290 g/mol. The summed E-state index contributed by atoms with van der Waals surface area (Å²) in [6.07, 6.45) is 0.522. The molecule has 2 N–H and O–H groups in total. The second-order valence-corrected chi connectivity index (χ2v) is 4.72. The molecule has 0 aliphatic carbocycles. The number of likely N-dealkylation sites (N-methyl/N-ethyl adjacent to an activating group) is 1. The van der Waals surface area contributed by atoms with Gasteiger partial charge in [-0.1, -0.05) is 11.8 Å². The fourth-order valence-corrected chi connectivity index (χ4v) is 2.14. The SMILES string of the molecule is CN1CCC(NC(=O)c2cc(F)ccc2C#CCO)C1=O. The Balaban J connectivity index is 2.22. The number of carbonyl (C=O) groups excluding carboxylic acids is 2. The minimum atomic E-state index is -0.593. The topological polar surface area (TPSA) is 69.6 Å². The molecular formula is C15H15FN2O3. The van der Waals surface area contributed by atoms with E-state index in [2.05, 4.69) is 17.2 Å². The van der Waals surface area contributed by atoms with Crippen LogP contribution in [-0.2, 0) is 4.79 Å². The molecule has 1 unspecified atom stereocenters. The van der Waals surface area contributed by atoms with Gasteiger partial charge in [0.15, 0.2) is 0 Å². The molecule has 1 heterocycles. The van der Waals surface area contributed by atoms with Crippen LogP contribution in [0.1, 0.15) is 22.3 Å². The van der Waals surface area contributed by atoms with E-state index in [4.69, 9.17) is 5.11 Å². The molecule has 21 heavy (non-hydrogen) atoms. The molecule has 1 aromatic carbocycles. The van der Waals surface area contributed by atoms with Gasteiger partial charge in [0.1, 0.15) is 18.5 Å². The largest absolute Gasteiger partial charge is 0.384 e. The van der Waals surface area contributed by atoms with Gasteiger partial charge in [-0.25, -0.2) is 4.39 Å². The number of nitrogens with one attached hydrogen (secondary N) is 1. The van der Waals surface area contributed by atoms with Gasteiger partial charge in [0, 0.05) is 19.2 Å². The van der Waals surface area contributed by atoms with Crippen molar-refractivity contribution in [1.29, 1.82) is 0 Å². The summed E-state index contributed by atoms with van der Waals surface area (Å²) in [7, 11) is 1.66. The first-order chi connectivity index (χ1) is 10.0. The number of hydrogen-bond acceptors (Lipinski definition) is 3. The van der Waals surface area contributed by atoms with Gasteiger partial charge in [-0.15, -0.1) is 0 Å². The number of aliphatic hydroxyl groups is 1. The van der Waals surface area contributed by atoms with Gasteiger partial charge in [-0.2, -0.15) is 0 Å². The minimum absolute atomic E-state index is 0.0540. The quantitative estimate of drug-likeness (QED) is 0.761. The van der Waals surface area contributed by atoms with Crippen LogP contribution < -0.4 is 5.32 Å². The maximum Gasteiger partial charge on any atom is 0.253 e. The Morgan fingerprint density at radius 2 is 2.33 bits per heavy atom. The molecule has 2 amide bonds. The zero-order valence-electron chi connectivity index (χ0n) is 11.5. The zero-order valence-corrected chi connectivity index (χ0v) is 11.5. The van der Waals surface area contributed by atoms with Crippen LogP contribution in [0.4, 0.5) is 4.39 Å². The third-order valence-electron chi connectivity index (χ3n) is 3.26. The van der Waals surface area contributed by atoms with Crippen LogP contribution in [0.15, 0.2) is 18.2 Å². The Labute approximate surface area is 121 Å². The Bertz CT molecular complexity index is 634. The van der Waals surface area contributed by atoms with Gasteiger partial charge in [0.25, 0.3) is 5.91 Å². The summed E-state index contributed by atoms with van der Waals surface area (Å²) in [5.74, 6) is 3.73. The molecule has 1 aliphatic heterocycles. The number of likely N-dealkylation sites (tertiary alicyclic amines) is 1. The minimum Gasteiger partial charge on any atom is -0.384 e. The van der Waals surface area contributed by atoms with Gasteiger partial charge in [-0.05, 0) is 24.6 Å². The predicted molar refractivity (Wildman–Crippen MR) is 73.9 cm³/mol. The summed E-state index contributed by atoms with van der Waals surface area (Å²) in [5.41, 5.74) is 0.361. The molecule has 1 aromatic rings. The van der Waals surface area contributed by atoms with E-state index in [0.29, 0.717) is 18.5 Å². The number of amides is 2. The van der Waals surface area contributed by atoms with Crippen molar-refractivity contribution in [3.8, 4) is 11.8 Å². The highest BCUT2D eigenvalue weighted by Crippen LogP contribution is 2.13. The lowest BCUT2D eigenvalue weighted by Crippen LogP contribution is -2.40. The Morgan fingerprint density at radius 3 is 2.95 bits per heavy atom. The lowest BCUT2D eigenvalue weighted by molar-refractivity contribution is -0.128. The van der Waals surface area contributed by atoms with Crippen LogP contribution in [0, 0.1) is 17.7 Å². The lowest BCUT2D eigenvalue weighted by Gasteiger charge is -2.13. The van der Waals surface area contributed by atoms with Gasteiger partial charge in [-0.3, -0.25) is 9.59 Å². The van der Waals surface area contributed by atoms with E-state index in [1.54, 1.807) is 7.05 Å². The van der Waals surface area contributed by atoms with Gasteiger partial charge in [0.2, 0.25) is 5.91 Å². The van der Waals surface area contributed by atoms with E-state index >= 15 is 0 Å². The summed E-state index contributed by atoms with van der Waals surface area (Å²) in [6, 6.07) is 3.03. The van der Waals surface area contributed by atoms with E-state index in [1.807, 2.05) is 0 Å². The molecule has 0 bridgehead atoms. The van der Waals surface area contributed by atoms with Gasteiger partial charge < -0.3 is 15.3 Å². The van der Waals surface area contributed by atoms with E-state index in [9.17, 15) is 14.0 Å². The van der Waals surface area contributed by atoms with E-state index in [0.717, 1.165) is 6.07 Å². The van der Waals surface area contributed by atoms with E-state index in [1.165, 1.54) is 17.0 Å². The van der Waals surface area contributed by atoms with Crippen LogP contribution in [0.25, 0.3) is 0 Å². The number of benzene rings is 1. The molecule has 110 valence electrons. The molecule has 0 aromatic heterocycles. The molecule has 1 fully saturated rings. The Morgan fingerprint density at radius 1 is 1.57 bits per heavy atom. The summed E-state index contributed by atoms with van der Waals surface area (Å²) >= 11 is 0. The second kappa shape index (κ2) is 6.37. The van der Waals surface area contributed by atoms with Crippen LogP contribution in [0.3, 0.4) is 0 Å². The smallest absolute Gasteiger partial charge is 0.253 e. The van der Waals surface area contributed by atoms with Crippen LogP contribution in [0.5, 0.6) is 0 Å². The van der Waals surface area contributed by atoms with Crippen molar-refractivity contribution in [2.45, 2.75) is 12.5 Å². The highest BCUT2D eigenvalue weighted by molar-refractivity contribution is 5.99. The Hall–Kier alpha value is -2.39. The maximum atomic E-state index is 13.3. The number of hydrogen-bond donors (Lipinski definition) is 2. The van der Waals surface area contributed by atoms with Crippen LogP contribution >= 0.6 is 0 Å². The van der Waals surface area contributed by atoms with Crippen molar-refractivity contribution >= 4 is 11.8 Å².